The van der Waals surface area contributed by atoms with Gasteiger partial charge in [0.25, 0.3) is 0 Å². The van der Waals surface area contributed by atoms with E-state index in [9.17, 15) is 30.3 Å². The van der Waals surface area contributed by atoms with Gasteiger partial charge in [0, 0.05) is 53.8 Å². The Labute approximate surface area is 288 Å². The number of aliphatic hydroxyl groups excluding tert-OH is 2. The minimum atomic E-state index is -0.887. The van der Waals surface area contributed by atoms with Crippen LogP contribution in [0.2, 0.25) is 0 Å². The average molecular weight is 696 g/mol. The predicted octanol–water partition coefficient (Wildman–Crippen LogP) is 6.81. The standard InChI is InChI=1S/C37H45NO8S2/c1-5-29(41)30(10-7-11-39)45-31-16-24(40)17-32-33(31)35(43)36(44)37(46-32)26-15-23(12-20(2)3)34(42)25-14-21-8-6-9-22(13-21)28(38-4)19-48-47-18-27(25)26/h6,8-9,13,15-17,20,28-30,38-42,44H,5,7,10-12,14,18-19H2,1-4H3/t28-,29-,30-/m0/s1. The first-order chi connectivity index (χ1) is 23.1. The summed E-state index contributed by atoms with van der Waals surface area (Å²) < 4.78 is 12.4. The number of aromatic hydroxyl groups is 3. The third-order valence-electron chi connectivity index (χ3n) is 8.77. The summed E-state index contributed by atoms with van der Waals surface area (Å²) >= 11 is 0. The normalized spacial score (nSPS) is 16.4. The molecule has 11 heteroatoms. The van der Waals surface area contributed by atoms with E-state index in [1.165, 1.54) is 12.1 Å². The molecular weight excluding hydrogens is 651 g/mol. The van der Waals surface area contributed by atoms with E-state index in [-0.39, 0.29) is 52.5 Å². The molecule has 0 radical (unpaired) electrons. The number of aliphatic hydroxyl groups is 2. The van der Waals surface area contributed by atoms with Crippen molar-refractivity contribution in [1.82, 2.24) is 5.32 Å². The van der Waals surface area contributed by atoms with Gasteiger partial charge >= 0.3 is 0 Å². The van der Waals surface area contributed by atoms with E-state index >= 15 is 0 Å². The smallest absolute Gasteiger partial charge is 0.238 e. The molecule has 1 aliphatic heterocycles. The molecule has 4 aromatic rings. The Morgan fingerprint density at radius 1 is 1.06 bits per heavy atom. The van der Waals surface area contributed by atoms with E-state index in [0.29, 0.717) is 54.5 Å². The van der Waals surface area contributed by atoms with Crippen LogP contribution >= 0.6 is 21.6 Å². The van der Waals surface area contributed by atoms with Crippen molar-refractivity contribution in [2.24, 2.45) is 5.92 Å². The lowest BCUT2D eigenvalue weighted by molar-refractivity contribution is 0.0262. The molecule has 0 unspecified atom stereocenters. The molecule has 48 heavy (non-hydrogen) atoms. The highest BCUT2D eigenvalue weighted by molar-refractivity contribution is 8.76. The number of hydrogen-bond donors (Lipinski definition) is 6. The number of phenols is 2. The van der Waals surface area contributed by atoms with E-state index in [1.807, 2.05) is 19.2 Å². The molecule has 2 heterocycles. The largest absolute Gasteiger partial charge is 0.508 e. The molecule has 0 aliphatic carbocycles. The summed E-state index contributed by atoms with van der Waals surface area (Å²) in [6.07, 6.45) is 0.382. The van der Waals surface area contributed by atoms with Gasteiger partial charge in [-0.1, -0.05) is 66.6 Å². The number of rotatable bonds is 11. The molecule has 2 bridgehead atoms. The minimum Gasteiger partial charge on any atom is -0.508 e. The Bertz CT molecular complexity index is 1810. The van der Waals surface area contributed by atoms with Crippen LogP contribution in [0.1, 0.15) is 73.9 Å². The second-order valence-corrected chi connectivity index (χ2v) is 15.2. The zero-order valence-electron chi connectivity index (χ0n) is 27.8. The maximum atomic E-state index is 14.0. The summed E-state index contributed by atoms with van der Waals surface area (Å²) in [4.78, 5) is 14.0. The molecule has 0 fully saturated rings. The lowest BCUT2D eigenvalue weighted by atomic mass is 9.88. The summed E-state index contributed by atoms with van der Waals surface area (Å²) in [5.74, 6) is 0.744. The van der Waals surface area contributed by atoms with Gasteiger partial charge < -0.3 is 40.0 Å². The molecule has 1 aliphatic rings. The van der Waals surface area contributed by atoms with Gasteiger partial charge in [0.05, 0.1) is 6.10 Å². The fourth-order valence-corrected chi connectivity index (χ4v) is 8.68. The zero-order valence-corrected chi connectivity index (χ0v) is 29.4. The second kappa shape index (κ2) is 15.9. The summed E-state index contributed by atoms with van der Waals surface area (Å²) in [6.45, 7) is 5.81. The van der Waals surface area contributed by atoms with Crippen LogP contribution in [0.5, 0.6) is 23.0 Å². The van der Waals surface area contributed by atoms with Crippen LogP contribution in [0.4, 0.5) is 0 Å². The first kappa shape index (κ1) is 35.9. The molecule has 6 N–H and O–H groups in total. The molecule has 0 saturated carbocycles. The monoisotopic (exact) mass is 695 g/mol. The summed E-state index contributed by atoms with van der Waals surface area (Å²) in [7, 11) is 5.26. The van der Waals surface area contributed by atoms with Crippen molar-refractivity contribution in [2.75, 3.05) is 19.4 Å². The third-order valence-corrected chi connectivity index (χ3v) is 11.1. The van der Waals surface area contributed by atoms with Gasteiger partial charge in [0.1, 0.15) is 34.3 Å². The van der Waals surface area contributed by atoms with Crippen LogP contribution in [0, 0.1) is 5.92 Å². The number of ether oxygens (including phenoxy) is 1. The van der Waals surface area contributed by atoms with Gasteiger partial charge in [0.2, 0.25) is 11.2 Å². The van der Waals surface area contributed by atoms with E-state index in [0.717, 1.165) is 22.4 Å². The van der Waals surface area contributed by atoms with Gasteiger partial charge in [-0.3, -0.25) is 4.79 Å². The SMILES string of the molecule is CC[C@H](O)[C@H](CCCO)Oc1cc(O)cc2oc(-c3cc(CC(C)C)c(O)c4c3CSSC[C@H](NC)c3cccc(c3)C4)c(O)c(=O)c12. The number of benzene rings is 3. The Kier molecular flexibility index (Phi) is 11.9. The van der Waals surface area contributed by atoms with Gasteiger partial charge in [-0.2, -0.15) is 0 Å². The third kappa shape index (κ3) is 7.76. The fourth-order valence-electron chi connectivity index (χ4n) is 6.25. The van der Waals surface area contributed by atoms with Crippen LogP contribution < -0.4 is 15.5 Å². The molecule has 0 amide bonds. The second-order valence-electron chi connectivity index (χ2n) is 12.7. The molecule has 9 nitrogen and oxygen atoms in total. The van der Waals surface area contributed by atoms with E-state index in [4.69, 9.17) is 9.15 Å². The minimum absolute atomic E-state index is 0.00480. The maximum Gasteiger partial charge on any atom is 0.238 e. The number of nitrogens with one attached hydrogen (secondary N) is 1. The number of phenolic OH excluding ortho intramolecular Hbond substituents is 2. The van der Waals surface area contributed by atoms with E-state index < -0.39 is 23.4 Å². The van der Waals surface area contributed by atoms with Crippen molar-refractivity contribution in [2.45, 2.75) is 76.9 Å². The first-order valence-electron chi connectivity index (χ1n) is 16.4. The van der Waals surface area contributed by atoms with Crippen LogP contribution in [0.25, 0.3) is 22.3 Å². The molecule has 258 valence electrons. The Hall–Kier alpha value is -3.35. The van der Waals surface area contributed by atoms with Gasteiger partial charge in [-0.05, 0) is 67.0 Å². The lowest BCUT2D eigenvalue weighted by Gasteiger charge is -2.24. The Morgan fingerprint density at radius 3 is 2.56 bits per heavy atom. The molecule has 0 saturated heterocycles. The van der Waals surface area contributed by atoms with Gasteiger partial charge in [-0.15, -0.1) is 0 Å². The van der Waals surface area contributed by atoms with Crippen LogP contribution in [-0.2, 0) is 18.6 Å². The maximum absolute atomic E-state index is 14.0. The molecular formula is C37H45NO8S2. The van der Waals surface area contributed by atoms with E-state index in [2.05, 4.69) is 31.3 Å². The molecule has 0 spiro atoms. The summed E-state index contributed by atoms with van der Waals surface area (Å²) in [5.41, 5.74) is 4.07. The van der Waals surface area contributed by atoms with Crippen LogP contribution in [-0.4, -0.2) is 57.1 Å². The quantitative estimate of drug-likeness (QED) is 0.0918. The first-order valence-corrected chi connectivity index (χ1v) is 18.9. The topological polar surface area (TPSA) is 153 Å². The fraction of sp³-hybridized carbons (Fsp3) is 0.432. The van der Waals surface area contributed by atoms with Crippen molar-refractivity contribution in [3.05, 3.63) is 80.5 Å². The Morgan fingerprint density at radius 2 is 1.85 bits per heavy atom. The van der Waals surface area contributed by atoms with E-state index in [1.54, 1.807) is 34.6 Å². The Balaban J connectivity index is 1.72. The lowest BCUT2D eigenvalue weighted by Crippen LogP contribution is -2.31. The van der Waals surface area contributed by atoms with Crippen molar-refractivity contribution >= 4 is 32.6 Å². The average Bonchev–Trinajstić information content (AvgIpc) is 3.08. The highest BCUT2D eigenvalue weighted by Crippen LogP contribution is 2.45. The summed E-state index contributed by atoms with van der Waals surface area (Å²) in [6, 6.07) is 12.8. The van der Waals surface area contributed by atoms with Crippen LogP contribution in [0.15, 0.2) is 51.7 Å². The number of fused-ring (bicyclic) bond motifs is 4. The van der Waals surface area contributed by atoms with Gasteiger partial charge in [0.15, 0.2) is 5.76 Å². The molecule has 1 aromatic heterocycles. The highest BCUT2D eigenvalue weighted by Gasteiger charge is 2.28. The summed E-state index contributed by atoms with van der Waals surface area (Å²) in [5, 5.41) is 57.3. The highest BCUT2D eigenvalue weighted by atomic mass is 33.1. The van der Waals surface area contributed by atoms with Gasteiger partial charge in [-0.25, -0.2) is 0 Å². The van der Waals surface area contributed by atoms with Crippen LogP contribution in [0.3, 0.4) is 0 Å². The molecule has 3 aromatic carbocycles. The van der Waals surface area contributed by atoms with Crippen molar-refractivity contribution < 1.29 is 34.7 Å². The number of hydrogen-bond acceptors (Lipinski definition) is 11. The molecule has 5 rings (SSSR count). The van der Waals surface area contributed by atoms with Crippen molar-refractivity contribution in [3.8, 4) is 34.3 Å². The zero-order chi connectivity index (χ0) is 34.5. The van der Waals surface area contributed by atoms with Crippen molar-refractivity contribution in [3.63, 3.8) is 0 Å². The van der Waals surface area contributed by atoms with Crippen molar-refractivity contribution in [1.29, 1.82) is 0 Å². The predicted molar refractivity (Wildman–Crippen MR) is 193 cm³/mol. The molecule has 3 atom stereocenters.